The van der Waals surface area contributed by atoms with E-state index in [1.54, 1.807) is 6.92 Å². The van der Waals surface area contributed by atoms with Crippen LogP contribution in [0.2, 0.25) is 5.02 Å². The molecular formula is C14H16ClFN2O3. The summed E-state index contributed by atoms with van der Waals surface area (Å²) < 4.78 is 24.4. The predicted molar refractivity (Wildman–Crippen MR) is 78.3 cm³/mol. The van der Waals surface area contributed by atoms with Gasteiger partial charge in [-0.3, -0.25) is 5.32 Å². The number of amides is 1. The van der Waals surface area contributed by atoms with Crippen LogP contribution in [-0.4, -0.2) is 17.7 Å². The second kappa shape index (κ2) is 5.52. The molecule has 21 heavy (non-hydrogen) atoms. The highest BCUT2D eigenvalue weighted by Gasteiger charge is 2.25. The number of halogens is 2. The molecule has 0 atom stereocenters. The molecule has 1 heterocycles. The molecule has 1 amide bonds. The number of nitrogens with one attached hydrogen (secondary N) is 1. The van der Waals surface area contributed by atoms with Gasteiger partial charge in [0.05, 0.1) is 11.6 Å². The number of ether oxygens (including phenoxy) is 1. The van der Waals surface area contributed by atoms with Crippen LogP contribution in [-0.2, 0) is 10.2 Å². The fraction of sp³-hybridized carbons (Fsp3) is 0.429. The lowest BCUT2D eigenvalue weighted by Gasteiger charge is -2.11. The predicted octanol–water partition coefficient (Wildman–Crippen LogP) is 4.49. The molecule has 0 saturated carbocycles. The Labute approximate surface area is 126 Å². The molecule has 0 spiro atoms. The van der Waals surface area contributed by atoms with Crippen molar-refractivity contribution in [1.82, 2.24) is 4.98 Å². The average Bonchev–Trinajstić information content (AvgIpc) is 2.80. The number of carbonyl (C=O) groups is 1. The Kier molecular flexibility index (Phi) is 4.09. The van der Waals surface area contributed by atoms with Gasteiger partial charge in [-0.25, -0.2) is 14.2 Å². The van der Waals surface area contributed by atoms with Crippen LogP contribution in [0.5, 0.6) is 0 Å². The van der Waals surface area contributed by atoms with Gasteiger partial charge in [-0.2, -0.15) is 0 Å². The number of oxazole rings is 1. The number of hydrogen-bond acceptors (Lipinski definition) is 4. The van der Waals surface area contributed by atoms with Crippen LogP contribution < -0.4 is 5.32 Å². The van der Waals surface area contributed by atoms with Crippen molar-refractivity contribution in [3.05, 3.63) is 22.8 Å². The van der Waals surface area contributed by atoms with E-state index in [-0.39, 0.29) is 28.3 Å². The van der Waals surface area contributed by atoms with E-state index in [0.29, 0.717) is 11.4 Å². The van der Waals surface area contributed by atoms with Crippen molar-refractivity contribution >= 4 is 34.5 Å². The first-order valence-electron chi connectivity index (χ1n) is 6.46. The number of aromatic nitrogens is 1. The van der Waals surface area contributed by atoms with Gasteiger partial charge in [-0.15, -0.1) is 0 Å². The molecule has 1 N–H and O–H groups in total. The van der Waals surface area contributed by atoms with Crippen LogP contribution in [0.15, 0.2) is 10.5 Å². The summed E-state index contributed by atoms with van der Waals surface area (Å²) in [5, 5.41) is 2.44. The number of nitrogens with zero attached hydrogens (tertiary/aromatic N) is 1. The lowest BCUT2D eigenvalue weighted by Crippen LogP contribution is -2.14. The van der Waals surface area contributed by atoms with Crippen LogP contribution in [0.4, 0.5) is 14.9 Å². The zero-order valence-electron chi connectivity index (χ0n) is 12.2. The molecule has 0 unspecified atom stereocenters. The number of hydrogen-bond donors (Lipinski definition) is 1. The minimum absolute atomic E-state index is 0.0954. The highest BCUT2D eigenvalue weighted by Crippen LogP contribution is 2.36. The van der Waals surface area contributed by atoms with E-state index in [1.165, 1.54) is 0 Å². The van der Waals surface area contributed by atoms with E-state index in [9.17, 15) is 9.18 Å². The molecule has 1 aromatic carbocycles. The molecule has 7 heteroatoms. The van der Waals surface area contributed by atoms with E-state index in [0.717, 1.165) is 6.07 Å². The molecule has 0 radical (unpaired) electrons. The van der Waals surface area contributed by atoms with E-state index in [2.05, 4.69) is 10.3 Å². The van der Waals surface area contributed by atoms with Gasteiger partial charge in [-0.05, 0) is 13.0 Å². The molecular weight excluding hydrogens is 299 g/mol. The summed E-state index contributed by atoms with van der Waals surface area (Å²) in [5.74, 6) is -0.311. The van der Waals surface area contributed by atoms with Crippen molar-refractivity contribution < 1.29 is 18.3 Å². The highest BCUT2D eigenvalue weighted by molar-refractivity contribution is 6.35. The summed E-state index contributed by atoms with van der Waals surface area (Å²) in [4.78, 5) is 15.8. The summed E-state index contributed by atoms with van der Waals surface area (Å²) in [7, 11) is 0. The minimum Gasteiger partial charge on any atom is -0.450 e. The van der Waals surface area contributed by atoms with Crippen LogP contribution in [0.1, 0.15) is 33.6 Å². The van der Waals surface area contributed by atoms with Crippen molar-refractivity contribution in [3.8, 4) is 0 Å². The van der Waals surface area contributed by atoms with Crippen LogP contribution in [0.3, 0.4) is 0 Å². The summed E-state index contributed by atoms with van der Waals surface area (Å²) >= 11 is 5.99. The zero-order valence-corrected chi connectivity index (χ0v) is 13.0. The molecule has 0 aliphatic heterocycles. The van der Waals surface area contributed by atoms with E-state index in [1.807, 2.05) is 20.8 Å². The van der Waals surface area contributed by atoms with Crippen LogP contribution in [0.25, 0.3) is 11.1 Å². The molecule has 2 rings (SSSR count). The van der Waals surface area contributed by atoms with Gasteiger partial charge in [0, 0.05) is 5.41 Å². The van der Waals surface area contributed by atoms with Crippen molar-refractivity contribution in [1.29, 1.82) is 0 Å². The molecule has 0 aliphatic rings. The van der Waals surface area contributed by atoms with E-state index >= 15 is 0 Å². The Balaban J connectivity index is 2.58. The van der Waals surface area contributed by atoms with Gasteiger partial charge in [0.25, 0.3) is 0 Å². The number of fused-ring (bicyclic) bond motifs is 1. The number of anilines is 1. The smallest absolute Gasteiger partial charge is 0.411 e. The van der Waals surface area contributed by atoms with Gasteiger partial charge >= 0.3 is 6.09 Å². The quantitative estimate of drug-likeness (QED) is 0.887. The molecule has 0 fully saturated rings. The molecule has 1 aromatic heterocycles. The number of carbonyl (C=O) groups excluding carboxylic acids is 1. The Morgan fingerprint density at radius 2 is 2.19 bits per heavy atom. The summed E-state index contributed by atoms with van der Waals surface area (Å²) in [6.07, 6.45) is -0.770. The molecule has 0 bridgehead atoms. The van der Waals surface area contributed by atoms with Crippen LogP contribution in [0, 0.1) is 5.82 Å². The average molecular weight is 315 g/mol. The Hall–Kier alpha value is -1.82. The first-order valence-corrected chi connectivity index (χ1v) is 6.84. The third kappa shape index (κ3) is 3.10. The van der Waals surface area contributed by atoms with Crippen molar-refractivity contribution in [2.24, 2.45) is 0 Å². The van der Waals surface area contributed by atoms with Crippen LogP contribution >= 0.6 is 11.6 Å². The van der Waals surface area contributed by atoms with Crippen molar-refractivity contribution in [3.63, 3.8) is 0 Å². The number of rotatable bonds is 2. The maximum atomic E-state index is 14.0. The standard InChI is InChI=1S/C14H16ClFN2O3/c1-5-20-13(19)18-10-8(16)6-7(15)9-11(10)21-12(17-9)14(2,3)4/h6H,5H2,1-4H3,(H,18,19). The van der Waals surface area contributed by atoms with E-state index in [4.69, 9.17) is 20.8 Å². The summed E-state index contributed by atoms with van der Waals surface area (Å²) in [5.41, 5.74) is -0.108. The Bertz CT molecular complexity index is 692. The maximum absolute atomic E-state index is 14.0. The summed E-state index contributed by atoms with van der Waals surface area (Å²) in [6.45, 7) is 7.54. The first kappa shape index (κ1) is 15.6. The third-order valence-corrected chi connectivity index (χ3v) is 3.00. The summed E-state index contributed by atoms with van der Waals surface area (Å²) in [6, 6.07) is 1.08. The van der Waals surface area contributed by atoms with Gasteiger partial charge in [0.2, 0.25) is 5.89 Å². The normalized spacial score (nSPS) is 11.7. The molecule has 2 aromatic rings. The van der Waals surface area contributed by atoms with Crippen molar-refractivity contribution in [2.75, 3.05) is 11.9 Å². The van der Waals surface area contributed by atoms with Gasteiger partial charge < -0.3 is 9.15 Å². The Morgan fingerprint density at radius 3 is 2.76 bits per heavy atom. The van der Waals surface area contributed by atoms with Gasteiger partial charge in [-0.1, -0.05) is 32.4 Å². The van der Waals surface area contributed by atoms with Crippen molar-refractivity contribution in [2.45, 2.75) is 33.1 Å². The lowest BCUT2D eigenvalue weighted by atomic mass is 9.97. The topological polar surface area (TPSA) is 64.4 Å². The zero-order chi connectivity index (χ0) is 15.8. The van der Waals surface area contributed by atoms with E-state index < -0.39 is 11.9 Å². The Morgan fingerprint density at radius 1 is 1.52 bits per heavy atom. The largest absolute Gasteiger partial charge is 0.450 e. The fourth-order valence-corrected chi connectivity index (χ4v) is 1.94. The molecule has 0 aliphatic carbocycles. The molecule has 0 saturated heterocycles. The fourth-order valence-electron chi connectivity index (χ4n) is 1.72. The van der Waals surface area contributed by atoms with Gasteiger partial charge in [0.15, 0.2) is 11.4 Å². The number of benzene rings is 1. The highest BCUT2D eigenvalue weighted by atomic mass is 35.5. The molecule has 114 valence electrons. The second-order valence-corrected chi connectivity index (χ2v) is 5.91. The SMILES string of the molecule is CCOC(=O)Nc1c(F)cc(Cl)c2nc(C(C)(C)C)oc12. The van der Waals surface area contributed by atoms with Gasteiger partial charge in [0.1, 0.15) is 11.2 Å². The maximum Gasteiger partial charge on any atom is 0.411 e. The molecule has 5 nitrogen and oxygen atoms in total. The third-order valence-electron chi connectivity index (χ3n) is 2.72. The lowest BCUT2D eigenvalue weighted by molar-refractivity contribution is 0.168. The second-order valence-electron chi connectivity index (χ2n) is 5.51. The first-order chi connectivity index (χ1) is 9.74. The minimum atomic E-state index is -0.770. The monoisotopic (exact) mass is 314 g/mol.